The van der Waals surface area contributed by atoms with Crippen molar-refractivity contribution < 1.29 is 14.4 Å². The Labute approximate surface area is 149 Å². The number of hydrogen-bond donors (Lipinski definition) is 2. The first kappa shape index (κ1) is 19.0. The molecule has 0 aliphatic carbocycles. The highest BCUT2D eigenvalue weighted by molar-refractivity contribution is 5.94. The smallest absolute Gasteiger partial charge is 0.229 e. The Balaban J connectivity index is 1.96. The fourth-order valence-corrected chi connectivity index (χ4v) is 2.93. The van der Waals surface area contributed by atoms with Crippen LogP contribution in [0.15, 0.2) is 24.3 Å². The highest BCUT2D eigenvalue weighted by Gasteiger charge is 2.33. The Bertz CT molecular complexity index is 647. The van der Waals surface area contributed by atoms with Crippen molar-refractivity contribution in [3.05, 3.63) is 24.3 Å². The van der Waals surface area contributed by atoms with Gasteiger partial charge < -0.3 is 15.5 Å². The lowest BCUT2D eigenvalue weighted by atomic mass is 9.91. The third kappa shape index (κ3) is 5.31. The molecule has 0 aromatic heterocycles. The summed E-state index contributed by atoms with van der Waals surface area (Å²) in [5.41, 5.74) is 0.932. The van der Waals surface area contributed by atoms with Crippen LogP contribution in [0.1, 0.15) is 40.5 Å². The van der Waals surface area contributed by atoms with E-state index in [9.17, 15) is 14.4 Å². The monoisotopic (exact) mass is 345 g/mol. The summed E-state index contributed by atoms with van der Waals surface area (Å²) >= 11 is 0. The third-order valence-corrected chi connectivity index (χ3v) is 4.19. The minimum absolute atomic E-state index is 0.0707. The zero-order valence-electron chi connectivity index (χ0n) is 15.4. The lowest BCUT2D eigenvalue weighted by molar-refractivity contribution is -0.142. The van der Waals surface area contributed by atoms with Gasteiger partial charge in [0.2, 0.25) is 17.7 Å². The molecular weight excluding hydrogens is 318 g/mol. The summed E-state index contributed by atoms with van der Waals surface area (Å²) in [6, 6.07) is 6.99. The highest BCUT2D eigenvalue weighted by Crippen LogP contribution is 2.24. The number of amides is 3. The number of piperidine rings is 1. The van der Waals surface area contributed by atoms with Crippen LogP contribution in [0.4, 0.5) is 11.4 Å². The Kier molecular flexibility index (Phi) is 5.82. The predicted octanol–water partition coefficient (Wildman–Crippen LogP) is 2.87. The second-order valence-corrected chi connectivity index (χ2v) is 7.59. The van der Waals surface area contributed by atoms with Crippen LogP contribution in [-0.4, -0.2) is 35.7 Å². The molecule has 6 heteroatoms. The largest absolute Gasteiger partial charge is 0.341 e. The molecule has 1 aliphatic heterocycles. The van der Waals surface area contributed by atoms with Crippen LogP contribution in [-0.2, 0) is 14.4 Å². The van der Waals surface area contributed by atoms with Gasteiger partial charge in [0.1, 0.15) is 0 Å². The van der Waals surface area contributed by atoms with Crippen LogP contribution in [0.2, 0.25) is 0 Å². The van der Waals surface area contributed by atoms with E-state index in [2.05, 4.69) is 10.6 Å². The zero-order chi connectivity index (χ0) is 18.6. The highest BCUT2D eigenvalue weighted by atomic mass is 16.2. The molecule has 2 N–H and O–H groups in total. The van der Waals surface area contributed by atoms with Gasteiger partial charge in [0.15, 0.2) is 0 Å². The molecule has 1 fully saturated rings. The number of rotatable bonds is 3. The van der Waals surface area contributed by atoms with Gasteiger partial charge in [-0.05, 0) is 37.1 Å². The molecule has 0 bridgehead atoms. The van der Waals surface area contributed by atoms with Crippen molar-refractivity contribution >= 4 is 29.1 Å². The molecule has 0 radical (unpaired) electrons. The zero-order valence-corrected chi connectivity index (χ0v) is 15.4. The molecule has 0 spiro atoms. The average molecular weight is 345 g/mol. The predicted molar refractivity (Wildman–Crippen MR) is 98.1 cm³/mol. The first-order valence-electron chi connectivity index (χ1n) is 8.64. The third-order valence-electron chi connectivity index (χ3n) is 4.19. The van der Waals surface area contributed by atoms with Crippen LogP contribution >= 0.6 is 0 Å². The van der Waals surface area contributed by atoms with Crippen molar-refractivity contribution in [2.24, 2.45) is 11.3 Å². The average Bonchev–Trinajstić information content (AvgIpc) is 2.54. The topological polar surface area (TPSA) is 78.5 Å². The maximum absolute atomic E-state index is 12.5. The number of likely N-dealkylation sites (tertiary alicyclic amines) is 1. The van der Waals surface area contributed by atoms with Gasteiger partial charge in [-0.15, -0.1) is 0 Å². The number of benzene rings is 1. The molecule has 1 aliphatic rings. The summed E-state index contributed by atoms with van der Waals surface area (Å²) in [4.78, 5) is 37.8. The number of carbonyl (C=O) groups excluding carboxylic acids is 3. The molecule has 2 rings (SSSR count). The van der Waals surface area contributed by atoms with Crippen LogP contribution < -0.4 is 10.6 Å². The lowest BCUT2D eigenvalue weighted by Gasteiger charge is -2.35. The van der Waals surface area contributed by atoms with E-state index >= 15 is 0 Å². The summed E-state index contributed by atoms with van der Waals surface area (Å²) in [5.74, 6) is -0.319. The number of carbonyl (C=O) groups is 3. The molecule has 25 heavy (non-hydrogen) atoms. The van der Waals surface area contributed by atoms with Crippen LogP contribution in [0, 0.1) is 11.3 Å². The van der Waals surface area contributed by atoms with Crippen LogP contribution in [0.5, 0.6) is 0 Å². The molecule has 0 saturated carbocycles. The summed E-state index contributed by atoms with van der Waals surface area (Å²) < 4.78 is 0. The van der Waals surface area contributed by atoms with E-state index in [1.165, 1.54) is 6.92 Å². The van der Waals surface area contributed by atoms with Gasteiger partial charge in [-0.2, -0.15) is 0 Å². The fourth-order valence-electron chi connectivity index (χ4n) is 2.93. The molecule has 1 atom stereocenters. The van der Waals surface area contributed by atoms with E-state index in [1.807, 2.05) is 20.8 Å². The minimum Gasteiger partial charge on any atom is -0.341 e. The van der Waals surface area contributed by atoms with Gasteiger partial charge in [0, 0.05) is 36.8 Å². The maximum Gasteiger partial charge on any atom is 0.229 e. The SMILES string of the molecule is CC(=O)Nc1ccc(NC(=O)[C@@H]2CCCN(C(=O)C(C)(C)C)C2)cc1. The summed E-state index contributed by atoms with van der Waals surface area (Å²) in [7, 11) is 0. The molecule has 6 nitrogen and oxygen atoms in total. The van der Waals surface area contributed by atoms with Gasteiger partial charge in [-0.25, -0.2) is 0 Å². The molecule has 1 saturated heterocycles. The summed E-state index contributed by atoms with van der Waals surface area (Å²) in [5, 5.41) is 5.59. The van der Waals surface area contributed by atoms with Gasteiger partial charge >= 0.3 is 0 Å². The Morgan fingerprint density at radius 1 is 1.04 bits per heavy atom. The lowest BCUT2D eigenvalue weighted by Crippen LogP contribution is -2.47. The van der Waals surface area contributed by atoms with E-state index in [0.717, 1.165) is 12.8 Å². The Morgan fingerprint density at radius 2 is 1.60 bits per heavy atom. The minimum atomic E-state index is -0.433. The van der Waals surface area contributed by atoms with Crippen molar-refractivity contribution in [2.45, 2.75) is 40.5 Å². The molecule has 0 unspecified atom stereocenters. The summed E-state index contributed by atoms with van der Waals surface area (Å²) in [6.45, 7) is 8.32. The second kappa shape index (κ2) is 7.68. The van der Waals surface area contributed by atoms with Crippen molar-refractivity contribution in [1.82, 2.24) is 4.90 Å². The van der Waals surface area contributed by atoms with Gasteiger partial charge in [-0.1, -0.05) is 20.8 Å². The molecular formula is C19H27N3O3. The normalized spacial score (nSPS) is 17.8. The first-order valence-corrected chi connectivity index (χ1v) is 8.64. The molecule has 1 aromatic rings. The number of anilines is 2. The number of nitrogens with zero attached hydrogens (tertiary/aromatic N) is 1. The quantitative estimate of drug-likeness (QED) is 0.884. The number of nitrogens with one attached hydrogen (secondary N) is 2. The standard InChI is InChI=1S/C19H27N3O3/c1-13(23)20-15-7-9-16(10-8-15)21-17(24)14-6-5-11-22(12-14)18(25)19(2,3)4/h7-10,14H,5-6,11-12H2,1-4H3,(H,20,23)(H,21,24)/t14-/m1/s1. The Morgan fingerprint density at radius 3 is 2.12 bits per heavy atom. The van der Waals surface area contributed by atoms with Gasteiger partial charge in [-0.3, -0.25) is 14.4 Å². The van der Waals surface area contributed by atoms with Crippen LogP contribution in [0.25, 0.3) is 0 Å². The van der Waals surface area contributed by atoms with E-state index in [0.29, 0.717) is 24.5 Å². The maximum atomic E-state index is 12.5. The van der Waals surface area contributed by atoms with E-state index in [1.54, 1.807) is 29.2 Å². The van der Waals surface area contributed by atoms with Crippen LogP contribution in [0.3, 0.4) is 0 Å². The molecule has 1 aromatic carbocycles. The van der Waals surface area contributed by atoms with E-state index in [-0.39, 0.29) is 23.6 Å². The molecule has 136 valence electrons. The first-order chi connectivity index (χ1) is 11.7. The molecule has 3 amide bonds. The van der Waals surface area contributed by atoms with Crippen molar-refractivity contribution in [2.75, 3.05) is 23.7 Å². The van der Waals surface area contributed by atoms with Crippen molar-refractivity contribution in [3.8, 4) is 0 Å². The van der Waals surface area contributed by atoms with Gasteiger partial charge in [0.25, 0.3) is 0 Å². The van der Waals surface area contributed by atoms with E-state index < -0.39 is 5.41 Å². The fraction of sp³-hybridized carbons (Fsp3) is 0.526. The number of hydrogen-bond acceptors (Lipinski definition) is 3. The second-order valence-electron chi connectivity index (χ2n) is 7.59. The van der Waals surface area contributed by atoms with Gasteiger partial charge in [0.05, 0.1) is 5.92 Å². The molecule has 1 heterocycles. The van der Waals surface area contributed by atoms with Crippen molar-refractivity contribution in [3.63, 3.8) is 0 Å². The van der Waals surface area contributed by atoms with Crippen molar-refractivity contribution in [1.29, 1.82) is 0 Å². The Hall–Kier alpha value is -2.37. The summed E-state index contributed by atoms with van der Waals surface area (Å²) in [6.07, 6.45) is 1.62. The van der Waals surface area contributed by atoms with E-state index in [4.69, 9.17) is 0 Å².